The average molecular weight is 445 g/mol. The number of Topliss-reactive ketones (excluding diaryl/α,β-unsaturated/α-hetero) is 1. The Hall–Kier alpha value is -1.23. The van der Waals surface area contributed by atoms with Crippen molar-refractivity contribution in [2.24, 2.45) is 39.7 Å². The van der Waals surface area contributed by atoms with Gasteiger partial charge in [0.25, 0.3) is 0 Å². The molecule has 5 rings (SSSR count). The number of hydrogen-bond acceptors (Lipinski definition) is 4. The molecule has 0 amide bonds. The van der Waals surface area contributed by atoms with Crippen LogP contribution >= 0.6 is 0 Å². The Morgan fingerprint density at radius 3 is 2.72 bits per heavy atom. The van der Waals surface area contributed by atoms with Gasteiger partial charge in [-0.3, -0.25) is 9.69 Å². The number of carbonyl (C=O) groups is 1. The number of hydrogen-bond donors (Lipinski definition) is 0. The number of piperidine rings is 1. The van der Waals surface area contributed by atoms with Crippen LogP contribution in [0.4, 0.5) is 4.39 Å². The number of likely N-dealkylation sites (tertiary alicyclic amines) is 1. The van der Waals surface area contributed by atoms with Crippen LogP contribution in [0.5, 0.6) is 0 Å². The Kier molecular flexibility index (Phi) is 6.01. The van der Waals surface area contributed by atoms with Crippen LogP contribution in [0.3, 0.4) is 0 Å². The van der Waals surface area contributed by atoms with E-state index in [9.17, 15) is 4.79 Å². The largest absolute Gasteiger partial charge is 0.394 e. The third-order valence-corrected chi connectivity index (χ3v) is 10.3. The molecule has 1 saturated heterocycles. The maximum Gasteiger partial charge on any atom is 0.142 e. The van der Waals surface area contributed by atoms with Crippen LogP contribution in [0.15, 0.2) is 17.3 Å². The number of alkyl halides is 1. The van der Waals surface area contributed by atoms with Crippen LogP contribution in [0.1, 0.15) is 78.1 Å². The number of carbonyl (C=O) groups excluding carboxylic acids is 1. The summed E-state index contributed by atoms with van der Waals surface area (Å²) in [5.41, 5.74) is 2.11. The number of allylic oxidation sites excluding steroid dienone is 1. The Labute approximate surface area is 193 Å². The van der Waals surface area contributed by atoms with E-state index in [1.807, 2.05) is 6.92 Å². The average Bonchev–Trinajstić information content (AvgIpc) is 3.01. The third kappa shape index (κ3) is 3.67. The van der Waals surface area contributed by atoms with Crippen LogP contribution in [0.25, 0.3) is 0 Å². The Morgan fingerprint density at radius 1 is 1.16 bits per heavy atom. The first-order valence-corrected chi connectivity index (χ1v) is 13.1. The van der Waals surface area contributed by atoms with E-state index >= 15 is 4.39 Å². The normalized spacial score (nSPS) is 46.0. The van der Waals surface area contributed by atoms with Gasteiger partial charge >= 0.3 is 0 Å². The summed E-state index contributed by atoms with van der Waals surface area (Å²) < 4.78 is 15.1. The third-order valence-electron chi connectivity index (χ3n) is 10.3. The molecule has 5 aliphatic rings. The molecule has 4 nitrogen and oxygen atoms in total. The molecule has 0 aromatic heterocycles. The SMILES string of the molecule is C=C1CC2C(CC[C@]3(C)C(=O)CC(F)C23)[C@@]2(C)CC/C(=N\OCCN3CCCCC3)CC12. The summed E-state index contributed by atoms with van der Waals surface area (Å²) in [7, 11) is 0. The van der Waals surface area contributed by atoms with Crippen molar-refractivity contribution in [3.8, 4) is 0 Å². The fourth-order valence-electron chi connectivity index (χ4n) is 8.41. The molecular weight excluding hydrogens is 403 g/mol. The van der Waals surface area contributed by atoms with Crippen LogP contribution < -0.4 is 0 Å². The minimum absolute atomic E-state index is 0.114. The molecule has 0 aromatic rings. The molecular formula is C27H41FN2O2. The molecule has 0 aromatic carbocycles. The van der Waals surface area contributed by atoms with Crippen molar-refractivity contribution in [1.82, 2.24) is 4.90 Å². The van der Waals surface area contributed by atoms with Gasteiger partial charge in [-0.15, -0.1) is 0 Å². The zero-order valence-electron chi connectivity index (χ0n) is 20.1. The molecule has 0 radical (unpaired) electrons. The Morgan fingerprint density at radius 2 is 1.94 bits per heavy atom. The number of oxime groups is 1. The van der Waals surface area contributed by atoms with Crippen molar-refractivity contribution in [2.45, 2.75) is 84.2 Å². The number of rotatable bonds is 4. The molecule has 4 aliphatic carbocycles. The van der Waals surface area contributed by atoms with Gasteiger partial charge in [0, 0.05) is 24.3 Å². The van der Waals surface area contributed by atoms with Gasteiger partial charge in [-0.25, -0.2) is 4.39 Å². The van der Waals surface area contributed by atoms with E-state index in [1.165, 1.54) is 43.6 Å². The smallest absolute Gasteiger partial charge is 0.142 e. The van der Waals surface area contributed by atoms with Crippen LogP contribution in [-0.2, 0) is 9.63 Å². The molecule has 1 heterocycles. The van der Waals surface area contributed by atoms with Gasteiger partial charge in [0.15, 0.2) is 0 Å². The number of fused-ring (bicyclic) bond motifs is 5. The number of halogens is 1. The molecule has 5 unspecified atom stereocenters. The highest BCUT2D eigenvalue weighted by Gasteiger charge is 2.63. The van der Waals surface area contributed by atoms with Crippen molar-refractivity contribution < 1.29 is 14.0 Å². The van der Waals surface area contributed by atoms with Gasteiger partial charge in [-0.05, 0) is 87.6 Å². The Bertz CT molecular complexity index is 791. The van der Waals surface area contributed by atoms with E-state index < -0.39 is 11.6 Å². The predicted octanol–water partition coefficient (Wildman–Crippen LogP) is 5.57. The lowest BCUT2D eigenvalue weighted by Crippen LogP contribution is -2.55. The van der Waals surface area contributed by atoms with Crippen molar-refractivity contribution in [3.05, 3.63) is 12.2 Å². The first kappa shape index (κ1) is 22.6. The van der Waals surface area contributed by atoms with E-state index in [4.69, 9.17) is 4.84 Å². The van der Waals surface area contributed by atoms with Gasteiger partial charge in [-0.1, -0.05) is 37.6 Å². The molecule has 7 atom stereocenters. The second-order valence-electron chi connectivity index (χ2n) is 11.9. The zero-order valence-corrected chi connectivity index (χ0v) is 20.1. The molecule has 5 heteroatoms. The summed E-state index contributed by atoms with van der Waals surface area (Å²) in [4.78, 5) is 20.9. The minimum Gasteiger partial charge on any atom is -0.394 e. The highest BCUT2D eigenvalue weighted by molar-refractivity contribution is 5.88. The maximum atomic E-state index is 15.1. The molecule has 1 aliphatic heterocycles. The summed E-state index contributed by atoms with van der Waals surface area (Å²) >= 11 is 0. The van der Waals surface area contributed by atoms with Crippen LogP contribution in [0.2, 0.25) is 0 Å². The summed E-state index contributed by atoms with van der Waals surface area (Å²) in [6.07, 6.45) is 8.87. The Balaban J connectivity index is 1.24. The summed E-state index contributed by atoms with van der Waals surface area (Å²) in [6, 6.07) is 0. The van der Waals surface area contributed by atoms with Crippen molar-refractivity contribution in [3.63, 3.8) is 0 Å². The quantitative estimate of drug-likeness (QED) is 0.323. The molecule has 5 fully saturated rings. The van der Waals surface area contributed by atoms with E-state index in [2.05, 4.69) is 23.6 Å². The lowest BCUT2D eigenvalue weighted by molar-refractivity contribution is -0.135. The van der Waals surface area contributed by atoms with E-state index in [1.54, 1.807) is 0 Å². The van der Waals surface area contributed by atoms with E-state index in [0.29, 0.717) is 18.4 Å². The second-order valence-corrected chi connectivity index (χ2v) is 11.9. The maximum absolute atomic E-state index is 15.1. The van der Waals surface area contributed by atoms with E-state index in [0.717, 1.165) is 45.1 Å². The monoisotopic (exact) mass is 444 g/mol. The fraction of sp³-hybridized carbons (Fsp3) is 0.852. The van der Waals surface area contributed by atoms with Gasteiger partial charge in [-0.2, -0.15) is 0 Å². The lowest BCUT2D eigenvalue weighted by Gasteiger charge is -2.60. The molecule has 32 heavy (non-hydrogen) atoms. The number of nitrogens with zero attached hydrogens (tertiary/aromatic N) is 2. The molecule has 0 spiro atoms. The highest BCUT2D eigenvalue weighted by Crippen LogP contribution is 2.66. The van der Waals surface area contributed by atoms with Crippen molar-refractivity contribution in [1.29, 1.82) is 0 Å². The first-order valence-electron chi connectivity index (χ1n) is 13.1. The molecule has 4 saturated carbocycles. The molecule has 0 bridgehead atoms. The second kappa shape index (κ2) is 8.52. The zero-order chi connectivity index (χ0) is 22.5. The van der Waals surface area contributed by atoms with Crippen molar-refractivity contribution in [2.75, 3.05) is 26.2 Å². The fourth-order valence-corrected chi connectivity index (χ4v) is 8.41. The number of ketones is 1. The molecule has 0 N–H and O–H groups in total. The topological polar surface area (TPSA) is 41.9 Å². The van der Waals surface area contributed by atoms with Crippen molar-refractivity contribution >= 4 is 11.5 Å². The van der Waals surface area contributed by atoms with Crippen LogP contribution in [0, 0.1) is 34.5 Å². The molecule has 178 valence electrons. The van der Waals surface area contributed by atoms with Gasteiger partial charge in [0.1, 0.15) is 18.6 Å². The minimum atomic E-state index is -0.970. The lowest BCUT2D eigenvalue weighted by atomic mass is 9.44. The predicted molar refractivity (Wildman–Crippen MR) is 125 cm³/mol. The van der Waals surface area contributed by atoms with Gasteiger partial charge in [0.2, 0.25) is 0 Å². The summed E-state index contributed by atoms with van der Waals surface area (Å²) in [5, 5.41) is 4.56. The van der Waals surface area contributed by atoms with Crippen LogP contribution in [-0.4, -0.2) is 48.8 Å². The summed E-state index contributed by atoms with van der Waals surface area (Å²) in [6.45, 7) is 13.0. The van der Waals surface area contributed by atoms with E-state index in [-0.39, 0.29) is 29.5 Å². The highest BCUT2D eigenvalue weighted by atomic mass is 19.1. The van der Waals surface area contributed by atoms with Gasteiger partial charge < -0.3 is 4.84 Å². The standard InChI is InChI=1S/C27H41FN2O2/c1-18-15-20-21(8-10-27(3)24(31)17-23(28)25(20)27)26(2)9-7-19(16-22(18)26)29-32-14-13-30-11-5-4-6-12-30/h20-23,25H,1,4-17H2,2-3H3/b29-19+/t20?,21?,22?,23?,25?,26-,27-/m1/s1. The van der Waals surface area contributed by atoms with Gasteiger partial charge in [0.05, 0.1) is 5.71 Å². The first-order chi connectivity index (χ1) is 15.3. The summed E-state index contributed by atoms with van der Waals surface area (Å²) in [5.74, 6) is 1.20.